The van der Waals surface area contributed by atoms with Crippen LogP contribution in [0.5, 0.6) is 0 Å². The maximum absolute atomic E-state index is 14.3. The van der Waals surface area contributed by atoms with E-state index >= 15 is 0 Å². The second kappa shape index (κ2) is 6.70. The monoisotopic (exact) mass is 393 g/mol. The lowest BCUT2D eigenvalue weighted by Crippen LogP contribution is -2.45. The summed E-state index contributed by atoms with van der Waals surface area (Å²) in [6.45, 7) is 6.54. The van der Waals surface area contributed by atoms with Gasteiger partial charge in [-0.3, -0.25) is 4.79 Å². The molecule has 1 fully saturated rings. The molecule has 1 amide bonds. The molecule has 0 unspecified atom stereocenters. The molecule has 1 aliphatic heterocycles. The highest BCUT2D eigenvalue weighted by molar-refractivity contribution is 5.95. The number of carbonyl (C=O) groups is 1. The average Bonchev–Trinajstić information content (AvgIpc) is 2.98. The smallest absolute Gasteiger partial charge is 0.234 e. The molecule has 0 saturated carbocycles. The largest absolute Gasteiger partial charge is 0.325 e. The molecule has 2 heteroatoms. The summed E-state index contributed by atoms with van der Waals surface area (Å²) in [7, 11) is 0. The van der Waals surface area contributed by atoms with Crippen LogP contribution in [0.25, 0.3) is 6.08 Å². The first-order valence-electron chi connectivity index (χ1n) is 10.7. The topological polar surface area (TPSA) is 20.3 Å². The van der Waals surface area contributed by atoms with Crippen LogP contribution in [-0.4, -0.2) is 10.8 Å². The first-order chi connectivity index (χ1) is 14.5. The van der Waals surface area contributed by atoms with Crippen molar-refractivity contribution >= 4 is 12.0 Å². The fourth-order valence-corrected chi connectivity index (χ4v) is 5.84. The van der Waals surface area contributed by atoms with Crippen molar-refractivity contribution in [3.05, 3.63) is 113 Å². The van der Waals surface area contributed by atoms with Crippen molar-refractivity contribution in [2.45, 2.75) is 37.8 Å². The van der Waals surface area contributed by atoms with Gasteiger partial charge in [0.2, 0.25) is 5.91 Å². The van der Waals surface area contributed by atoms with E-state index in [1.54, 1.807) is 0 Å². The minimum absolute atomic E-state index is 0.0353. The zero-order valence-electron chi connectivity index (χ0n) is 17.7. The van der Waals surface area contributed by atoms with E-state index in [-0.39, 0.29) is 17.9 Å². The van der Waals surface area contributed by atoms with Crippen LogP contribution in [0, 0.1) is 5.92 Å². The molecular weight excluding hydrogens is 366 g/mol. The molecule has 4 atom stereocenters. The number of benzene rings is 3. The third-order valence-electron chi connectivity index (χ3n) is 7.41. The Balaban J connectivity index is 1.76. The second-order valence-corrected chi connectivity index (χ2v) is 8.90. The molecule has 2 nitrogen and oxygen atoms in total. The Labute approximate surface area is 178 Å². The van der Waals surface area contributed by atoms with Crippen LogP contribution in [0.4, 0.5) is 0 Å². The predicted molar refractivity (Wildman–Crippen MR) is 122 cm³/mol. The van der Waals surface area contributed by atoms with Gasteiger partial charge in [0.05, 0.1) is 17.0 Å². The van der Waals surface area contributed by atoms with Crippen LogP contribution >= 0.6 is 0 Å². The molecular formula is C28H27NO. The molecule has 1 saturated heterocycles. The lowest BCUT2D eigenvalue weighted by molar-refractivity contribution is -0.137. The normalized spacial score (nSPS) is 28.2. The van der Waals surface area contributed by atoms with E-state index < -0.39 is 11.0 Å². The van der Waals surface area contributed by atoms with Gasteiger partial charge in [-0.25, -0.2) is 0 Å². The third kappa shape index (κ3) is 2.40. The molecule has 3 aromatic carbocycles. The molecule has 3 aromatic rings. The highest BCUT2D eigenvalue weighted by atomic mass is 16.2. The molecule has 0 bridgehead atoms. The molecule has 2 aliphatic rings. The van der Waals surface area contributed by atoms with E-state index in [0.29, 0.717) is 0 Å². The predicted octanol–water partition coefficient (Wildman–Crippen LogP) is 6.11. The molecule has 1 heterocycles. The van der Waals surface area contributed by atoms with Gasteiger partial charge < -0.3 is 4.90 Å². The quantitative estimate of drug-likeness (QED) is 0.526. The van der Waals surface area contributed by atoms with Crippen LogP contribution in [0.15, 0.2) is 91.0 Å². The van der Waals surface area contributed by atoms with Crippen molar-refractivity contribution in [1.29, 1.82) is 0 Å². The van der Waals surface area contributed by atoms with Crippen molar-refractivity contribution in [2.24, 2.45) is 5.92 Å². The third-order valence-corrected chi connectivity index (χ3v) is 7.41. The Kier molecular flexibility index (Phi) is 4.21. The number of amides is 1. The van der Waals surface area contributed by atoms with Gasteiger partial charge in [0.25, 0.3) is 0 Å². The second-order valence-electron chi connectivity index (χ2n) is 8.90. The van der Waals surface area contributed by atoms with E-state index in [1.165, 1.54) is 5.56 Å². The van der Waals surface area contributed by atoms with Crippen molar-refractivity contribution in [3.8, 4) is 0 Å². The number of likely N-dealkylation sites (tertiary alicyclic amines) is 1. The van der Waals surface area contributed by atoms with Gasteiger partial charge in [-0.2, -0.15) is 0 Å². The summed E-state index contributed by atoms with van der Waals surface area (Å²) in [4.78, 5) is 16.5. The summed E-state index contributed by atoms with van der Waals surface area (Å²) in [6.07, 6.45) is 4.47. The van der Waals surface area contributed by atoms with Crippen LogP contribution in [0.3, 0.4) is 0 Å². The molecule has 0 spiro atoms. The number of fused-ring (bicyclic) bond motifs is 3. The van der Waals surface area contributed by atoms with E-state index in [2.05, 4.69) is 105 Å². The van der Waals surface area contributed by atoms with E-state index in [4.69, 9.17) is 0 Å². The molecule has 1 aliphatic carbocycles. The van der Waals surface area contributed by atoms with Crippen molar-refractivity contribution in [1.82, 2.24) is 4.90 Å². The van der Waals surface area contributed by atoms with Gasteiger partial charge in [0.15, 0.2) is 0 Å². The minimum Gasteiger partial charge on any atom is -0.325 e. The van der Waals surface area contributed by atoms with Crippen LogP contribution < -0.4 is 0 Å². The van der Waals surface area contributed by atoms with Crippen molar-refractivity contribution in [3.63, 3.8) is 0 Å². The maximum Gasteiger partial charge on any atom is 0.234 e. The summed E-state index contributed by atoms with van der Waals surface area (Å²) in [5.74, 6) is 0.243. The summed E-state index contributed by atoms with van der Waals surface area (Å²) in [5, 5.41) is 0. The van der Waals surface area contributed by atoms with E-state index in [1.807, 2.05) is 18.2 Å². The molecule has 0 N–H and O–H groups in total. The van der Waals surface area contributed by atoms with Gasteiger partial charge in [0.1, 0.15) is 0 Å². The molecule has 150 valence electrons. The van der Waals surface area contributed by atoms with Crippen molar-refractivity contribution in [2.75, 3.05) is 0 Å². The number of nitrogens with zero attached hydrogens (tertiary/aromatic N) is 1. The molecule has 0 aromatic heterocycles. The summed E-state index contributed by atoms with van der Waals surface area (Å²) >= 11 is 0. The number of carbonyl (C=O) groups excluding carboxylic acids is 1. The zero-order chi connectivity index (χ0) is 20.9. The van der Waals surface area contributed by atoms with Gasteiger partial charge in [-0.1, -0.05) is 97.1 Å². The zero-order valence-corrected chi connectivity index (χ0v) is 17.7. The van der Waals surface area contributed by atoms with Gasteiger partial charge in [-0.15, -0.1) is 0 Å². The Bertz CT molecular complexity index is 1120. The lowest BCUT2D eigenvalue weighted by atomic mass is 9.62. The standard InChI is InChI=1S/C28H27NO/c1-20(21-12-6-4-7-13-21)29-26(30)27(2)24-17-11-10-14-22(24)18-19-25(27)28(29,3)23-15-8-5-9-16-23/h4-20,25H,1-3H3/t20-,25+,27-,28-/m0/s1. The molecule has 30 heavy (non-hydrogen) atoms. The van der Waals surface area contributed by atoms with Crippen molar-refractivity contribution < 1.29 is 4.79 Å². The Morgan fingerprint density at radius 1 is 0.833 bits per heavy atom. The number of hydrogen-bond donors (Lipinski definition) is 0. The summed E-state index contributed by atoms with van der Waals surface area (Å²) in [5.41, 5.74) is 3.57. The Morgan fingerprint density at radius 3 is 2.13 bits per heavy atom. The van der Waals surface area contributed by atoms with E-state index in [9.17, 15) is 4.79 Å². The van der Waals surface area contributed by atoms with Gasteiger partial charge in [0, 0.05) is 5.92 Å². The van der Waals surface area contributed by atoms with Crippen LogP contribution in [0.2, 0.25) is 0 Å². The minimum atomic E-state index is -0.598. The Hall–Kier alpha value is -3.13. The Morgan fingerprint density at radius 2 is 1.43 bits per heavy atom. The molecule has 0 radical (unpaired) electrons. The summed E-state index contributed by atoms with van der Waals surface area (Å²) in [6, 6.07) is 29.2. The van der Waals surface area contributed by atoms with Crippen LogP contribution in [-0.2, 0) is 15.7 Å². The highest BCUT2D eigenvalue weighted by Gasteiger charge is 2.64. The summed E-state index contributed by atoms with van der Waals surface area (Å²) < 4.78 is 0. The SMILES string of the molecule is C[C@@H](c1ccccc1)N1C(=O)[C@@]2(C)c3ccccc3C=C[C@H]2[C@]1(C)c1ccccc1. The lowest BCUT2D eigenvalue weighted by Gasteiger charge is -2.43. The number of hydrogen-bond acceptors (Lipinski definition) is 1. The molecule has 5 rings (SSSR count). The van der Waals surface area contributed by atoms with Crippen LogP contribution in [0.1, 0.15) is 49.1 Å². The average molecular weight is 394 g/mol. The number of rotatable bonds is 3. The maximum atomic E-state index is 14.3. The fraction of sp³-hybridized carbons (Fsp3) is 0.250. The van der Waals surface area contributed by atoms with Gasteiger partial charge >= 0.3 is 0 Å². The first-order valence-corrected chi connectivity index (χ1v) is 10.7. The highest BCUT2D eigenvalue weighted by Crippen LogP contribution is 2.59. The first kappa shape index (κ1) is 18.9. The fourth-order valence-electron chi connectivity index (χ4n) is 5.84. The van der Waals surface area contributed by atoms with E-state index in [0.717, 1.165) is 16.7 Å². The van der Waals surface area contributed by atoms with Gasteiger partial charge in [-0.05, 0) is 43.0 Å².